The fourth-order valence-corrected chi connectivity index (χ4v) is 4.17. The minimum absolute atomic E-state index is 0.124. The van der Waals surface area contributed by atoms with Crippen LogP contribution in [0.2, 0.25) is 0 Å². The zero-order valence-electron chi connectivity index (χ0n) is 25.5. The van der Waals surface area contributed by atoms with E-state index in [0.29, 0.717) is 38.5 Å². The minimum atomic E-state index is -1.11. The molecule has 0 bridgehead atoms. The first-order chi connectivity index (χ1) is 19.9. The molecule has 2 amide bonds. The van der Waals surface area contributed by atoms with Gasteiger partial charge in [0.1, 0.15) is 18.3 Å². The summed E-state index contributed by atoms with van der Waals surface area (Å²) in [5.41, 5.74) is 7.98. The number of hydrogen-bond donors (Lipinski definition) is 4. The lowest BCUT2D eigenvalue weighted by molar-refractivity contribution is -0.144. The van der Waals surface area contributed by atoms with Crippen molar-refractivity contribution in [3.05, 3.63) is 83.7 Å². The molecule has 0 aromatic heterocycles. The van der Waals surface area contributed by atoms with E-state index in [9.17, 15) is 24.6 Å². The minimum Gasteiger partial charge on any atom is -0.458 e. The van der Waals surface area contributed by atoms with Crippen LogP contribution in [0, 0.1) is 5.92 Å². The quantitative estimate of drug-likeness (QED) is 0.145. The van der Waals surface area contributed by atoms with Gasteiger partial charge in [0.25, 0.3) is 0 Å². The van der Waals surface area contributed by atoms with Gasteiger partial charge in [0, 0.05) is 30.7 Å². The summed E-state index contributed by atoms with van der Waals surface area (Å²) in [6.07, 6.45) is 17.3. The lowest BCUT2D eigenvalue weighted by Crippen LogP contribution is -2.32. The Morgan fingerprint density at radius 2 is 1.88 bits per heavy atom. The van der Waals surface area contributed by atoms with Crippen molar-refractivity contribution >= 4 is 18.0 Å². The van der Waals surface area contributed by atoms with E-state index in [1.54, 1.807) is 18.4 Å². The number of hydrogen-bond acceptors (Lipinski definition) is 7. The van der Waals surface area contributed by atoms with Crippen LogP contribution in [0.25, 0.3) is 0 Å². The number of nitrogens with one attached hydrogen (secondary N) is 1. The summed E-state index contributed by atoms with van der Waals surface area (Å²) in [5.74, 6) is -0.764. The van der Waals surface area contributed by atoms with E-state index in [2.05, 4.69) is 5.32 Å². The van der Waals surface area contributed by atoms with Gasteiger partial charge in [-0.15, -0.1) is 0 Å². The fourth-order valence-electron chi connectivity index (χ4n) is 4.17. The van der Waals surface area contributed by atoms with Crippen molar-refractivity contribution in [3.8, 4) is 0 Å². The van der Waals surface area contributed by atoms with Crippen molar-refractivity contribution in [2.75, 3.05) is 0 Å². The molecule has 0 aromatic carbocycles. The first kappa shape index (κ1) is 36.3. The molecule has 1 heterocycles. The van der Waals surface area contributed by atoms with Crippen molar-refractivity contribution in [2.24, 2.45) is 11.7 Å². The van der Waals surface area contributed by atoms with Gasteiger partial charge in [-0.25, -0.2) is 9.59 Å². The third-order valence-corrected chi connectivity index (χ3v) is 6.33. The molecule has 0 aliphatic carbocycles. The maximum Gasteiger partial charge on any atom is 0.404 e. The molecular weight excluding hydrogens is 536 g/mol. The molecule has 1 rings (SSSR count). The molecule has 0 unspecified atom stereocenters. The summed E-state index contributed by atoms with van der Waals surface area (Å²) in [6.45, 7) is 9.54. The zero-order valence-corrected chi connectivity index (χ0v) is 25.5. The standard InChI is InChI=1S/C33H48N2O7/c1-23(2)20-31(38)35-19-18-25(4)21-26(5)30-22-24(3)12-8-6-10-14-29(42-33(34)40)28(37)17-16-27(36)13-9-7-11-15-32(39)41-30/h6,8,11-12,15-21,26-30,36-37H,7,9-10,13-14,22H2,1-5H3,(H2,34,40)(H,35,38)/b8-6-,15-11-,17-16-,19-18+,24-12+,25-21+/t26-,27+,28+,29+,30-/m1/s1. The number of allylic oxidation sites excluding steroid dienone is 7. The Bertz CT molecular complexity index is 1090. The zero-order chi connectivity index (χ0) is 31.5. The molecule has 5 N–H and O–H groups in total. The van der Waals surface area contributed by atoms with Crippen LogP contribution in [0.15, 0.2) is 83.7 Å². The maximum absolute atomic E-state index is 12.6. The van der Waals surface area contributed by atoms with Gasteiger partial charge in [-0.05, 0) is 65.9 Å². The Hall–Kier alpha value is -3.69. The van der Waals surface area contributed by atoms with E-state index >= 15 is 0 Å². The Morgan fingerprint density at radius 1 is 1.14 bits per heavy atom. The predicted molar refractivity (Wildman–Crippen MR) is 165 cm³/mol. The number of primary amides is 1. The topological polar surface area (TPSA) is 148 Å². The van der Waals surface area contributed by atoms with Crippen molar-refractivity contribution in [3.63, 3.8) is 0 Å². The lowest BCUT2D eigenvalue weighted by Gasteiger charge is -2.22. The molecular formula is C33H48N2O7. The van der Waals surface area contributed by atoms with Crippen molar-refractivity contribution < 1.29 is 34.1 Å². The second-order valence-corrected chi connectivity index (χ2v) is 10.8. The molecule has 42 heavy (non-hydrogen) atoms. The van der Waals surface area contributed by atoms with E-state index in [4.69, 9.17) is 15.2 Å². The summed E-state index contributed by atoms with van der Waals surface area (Å²) in [5, 5.41) is 23.4. The Labute approximate surface area is 250 Å². The Balaban J connectivity index is 3.09. The van der Waals surface area contributed by atoms with Crippen molar-refractivity contribution in [1.82, 2.24) is 5.32 Å². The molecule has 1 aliphatic rings. The number of amides is 2. The molecule has 5 atom stereocenters. The fraction of sp³-hybridized carbons (Fsp3) is 0.485. The van der Waals surface area contributed by atoms with Crippen LogP contribution in [-0.4, -0.2) is 52.6 Å². The van der Waals surface area contributed by atoms with Gasteiger partial charge in [-0.1, -0.05) is 66.2 Å². The normalized spacial score (nSPS) is 27.8. The average Bonchev–Trinajstić information content (AvgIpc) is 2.89. The van der Waals surface area contributed by atoms with Gasteiger partial charge in [0.15, 0.2) is 0 Å². The number of carbonyl (C=O) groups is 3. The highest BCUT2D eigenvalue weighted by molar-refractivity contribution is 5.88. The van der Waals surface area contributed by atoms with Crippen LogP contribution < -0.4 is 11.1 Å². The highest BCUT2D eigenvalue weighted by Crippen LogP contribution is 2.21. The van der Waals surface area contributed by atoms with Crippen LogP contribution >= 0.6 is 0 Å². The molecule has 0 saturated heterocycles. The smallest absolute Gasteiger partial charge is 0.404 e. The molecule has 9 nitrogen and oxygen atoms in total. The van der Waals surface area contributed by atoms with Crippen LogP contribution in [0.5, 0.6) is 0 Å². The number of aliphatic hydroxyl groups is 2. The van der Waals surface area contributed by atoms with E-state index in [1.807, 2.05) is 58.9 Å². The first-order valence-corrected chi connectivity index (χ1v) is 14.4. The van der Waals surface area contributed by atoms with Gasteiger partial charge in [0.05, 0.1) is 6.10 Å². The van der Waals surface area contributed by atoms with E-state index in [-0.39, 0.29) is 11.8 Å². The van der Waals surface area contributed by atoms with Gasteiger partial charge in [-0.2, -0.15) is 0 Å². The van der Waals surface area contributed by atoms with Crippen LogP contribution in [0.1, 0.15) is 73.1 Å². The molecule has 0 aromatic rings. The number of cyclic esters (lactones) is 1. The highest BCUT2D eigenvalue weighted by Gasteiger charge is 2.21. The third kappa shape index (κ3) is 17.2. The van der Waals surface area contributed by atoms with Crippen molar-refractivity contribution in [2.45, 2.75) is 97.6 Å². The van der Waals surface area contributed by atoms with E-state index < -0.39 is 36.5 Å². The Kier molecular flexibility index (Phi) is 17.5. The van der Waals surface area contributed by atoms with Crippen LogP contribution in [0.4, 0.5) is 4.79 Å². The summed E-state index contributed by atoms with van der Waals surface area (Å²) < 4.78 is 10.9. The SMILES string of the molecule is CC(C)=CC(=O)N/C=C/C(C)=C/[C@@H](C)[C@H]1C/C(C)=C/C=C\CC[C@H](OC(N)=O)[C@@H](O)/C=C\[C@@H](O)CCC/C=C\C(=O)O1. The number of ether oxygens (including phenoxy) is 2. The third-order valence-electron chi connectivity index (χ3n) is 6.33. The summed E-state index contributed by atoms with van der Waals surface area (Å²) in [4.78, 5) is 35.8. The van der Waals surface area contributed by atoms with Gasteiger partial charge >= 0.3 is 12.1 Å². The molecule has 0 fully saturated rings. The molecule has 9 heteroatoms. The van der Waals surface area contributed by atoms with Crippen molar-refractivity contribution in [1.29, 1.82) is 0 Å². The number of carbonyl (C=O) groups excluding carboxylic acids is 3. The predicted octanol–water partition coefficient (Wildman–Crippen LogP) is 5.23. The van der Waals surface area contributed by atoms with Gasteiger partial charge < -0.3 is 30.7 Å². The van der Waals surface area contributed by atoms with Crippen LogP contribution in [-0.2, 0) is 19.1 Å². The van der Waals surface area contributed by atoms with Gasteiger partial charge in [-0.3, -0.25) is 4.79 Å². The highest BCUT2D eigenvalue weighted by atomic mass is 16.6. The average molecular weight is 585 g/mol. The van der Waals surface area contributed by atoms with E-state index in [0.717, 1.165) is 16.7 Å². The van der Waals surface area contributed by atoms with Gasteiger partial charge in [0.2, 0.25) is 5.91 Å². The number of nitrogens with two attached hydrogens (primary N) is 1. The first-order valence-electron chi connectivity index (χ1n) is 14.4. The number of rotatable bonds is 6. The Morgan fingerprint density at radius 3 is 2.57 bits per heavy atom. The molecule has 0 spiro atoms. The maximum atomic E-state index is 12.6. The number of esters is 1. The second kappa shape index (κ2) is 20.2. The largest absolute Gasteiger partial charge is 0.458 e. The monoisotopic (exact) mass is 584 g/mol. The second-order valence-electron chi connectivity index (χ2n) is 10.8. The number of aliphatic hydroxyl groups excluding tert-OH is 2. The molecule has 0 saturated carbocycles. The molecule has 1 aliphatic heterocycles. The summed E-state index contributed by atoms with van der Waals surface area (Å²) >= 11 is 0. The lowest BCUT2D eigenvalue weighted by atomic mass is 9.95. The molecule has 0 radical (unpaired) electrons. The summed E-state index contributed by atoms with van der Waals surface area (Å²) in [6, 6.07) is 0. The molecule has 232 valence electrons. The van der Waals surface area contributed by atoms with E-state index in [1.165, 1.54) is 24.3 Å². The summed E-state index contributed by atoms with van der Waals surface area (Å²) in [7, 11) is 0. The van der Waals surface area contributed by atoms with Crippen LogP contribution in [0.3, 0.4) is 0 Å².